The lowest BCUT2D eigenvalue weighted by atomic mass is 9.49. The van der Waals surface area contributed by atoms with Crippen LogP contribution in [0.5, 0.6) is 5.75 Å². The molecule has 2 unspecified atom stereocenters. The number of alkyl halides is 3. The van der Waals surface area contributed by atoms with E-state index in [2.05, 4.69) is 26.0 Å². The van der Waals surface area contributed by atoms with E-state index in [-0.39, 0.29) is 28.1 Å². The Balaban J connectivity index is 1.25. The summed E-state index contributed by atoms with van der Waals surface area (Å²) in [6.45, 7) is -3.26. The summed E-state index contributed by atoms with van der Waals surface area (Å²) in [6, 6.07) is 5.55. The number of carbonyl (C=O) groups excluding carboxylic acids is 2. The number of esters is 1. The average molecular weight is 472 g/mol. The van der Waals surface area contributed by atoms with Crippen LogP contribution >= 0.6 is 15.9 Å². The molecule has 4 atom stereocenters. The molecule has 4 fully saturated rings. The Morgan fingerprint density at radius 1 is 1.14 bits per heavy atom. The van der Waals surface area contributed by atoms with Gasteiger partial charge in [-0.2, -0.15) is 8.78 Å². The number of nitrogens with one attached hydrogen (secondary N) is 1. The maximum Gasteiger partial charge on any atom is 0.387 e. The number of carbonyl (C=O) groups is 2. The minimum absolute atomic E-state index is 0.00166. The van der Waals surface area contributed by atoms with Crippen molar-refractivity contribution in [1.29, 1.82) is 0 Å². The van der Waals surface area contributed by atoms with Crippen molar-refractivity contribution in [2.45, 2.75) is 55.9 Å². The average Bonchev–Trinajstić information content (AvgIpc) is 2.59. The summed E-state index contributed by atoms with van der Waals surface area (Å²) in [6.07, 6.45) is 7.18. The third-order valence-electron chi connectivity index (χ3n) is 6.36. The highest BCUT2D eigenvalue weighted by molar-refractivity contribution is 9.10. The lowest BCUT2D eigenvalue weighted by Gasteiger charge is -2.60. The fourth-order valence-electron chi connectivity index (χ4n) is 5.96. The predicted molar refractivity (Wildman–Crippen MR) is 106 cm³/mol. The van der Waals surface area contributed by atoms with Gasteiger partial charge in [0.15, 0.2) is 6.61 Å². The highest BCUT2D eigenvalue weighted by atomic mass is 79.9. The molecule has 0 aliphatic heterocycles. The van der Waals surface area contributed by atoms with Crippen molar-refractivity contribution in [3.05, 3.63) is 24.3 Å². The van der Waals surface area contributed by atoms with Crippen molar-refractivity contribution >= 4 is 33.5 Å². The molecular formula is C21H24BrF2NO4. The molecule has 0 spiro atoms. The van der Waals surface area contributed by atoms with Crippen molar-refractivity contribution in [1.82, 2.24) is 0 Å². The molecule has 1 aromatic rings. The maximum atomic E-state index is 12.4. The summed E-state index contributed by atoms with van der Waals surface area (Å²) >= 11 is 3.93. The molecule has 1 N–H and O–H groups in total. The Labute approximate surface area is 176 Å². The molecule has 5 nitrogen and oxygen atoms in total. The third-order valence-corrected chi connectivity index (χ3v) is 7.29. The Bertz CT molecular complexity index is 771. The van der Waals surface area contributed by atoms with Crippen LogP contribution in [0.1, 0.15) is 44.9 Å². The summed E-state index contributed by atoms with van der Waals surface area (Å²) < 4.78 is 34.0. The Morgan fingerprint density at radius 2 is 1.79 bits per heavy atom. The van der Waals surface area contributed by atoms with Crippen molar-refractivity contribution in [2.75, 3.05) is 11.9 Å². The topological polar surface area (TPSA) is 64.6 Å². The second-order valence-electron chi connectivity index (χ2n) is 8.90. The van der Waals surface area contributed by atoms with Gasteiger partial charge in [0.05, 0.1) is 6.42 Å². The maximum absolute atomic E-state index is 12.4. The van der Waals surface area contributed by atoms with Crippen LogP contribution in [-0.4, -0.2) is 29.4 Å². The van der Waals surface area contributed by atoms with Gasteiger partial charge in [0, 0.05) is 10.0 Å². The van der Waals surface area contributed by atoms with Gasteiger partial charge >= 0.3 is 12.6 Å². The molecule has 1 amide bonds. The van der Waals surface area contributed by atoms with Crippen LogP contribution in [0.2, 0.25) is 0 Å². The smallest absolute Gasteiger partial charge is 0.387 e. The van der Waals surface area contributed by atoms with Gasteiger partial charge in [-0.15, -0.1) is 0 Å². The highest BCUT2D eigenvalue weighted by Crippen LogP contribution is 2.65. The zero-order valence-electron chi connectivity index (χ0n) is 16.0. The molecule has 1 aromatic carbocycles. The number of rotatable bonds is 7. The largest absolute Gasteiger partial charge is 0.456 e. The number of benzene rings is 1. The van der Waals surface area contributed by atoms with E-state index in [4.69, 9.17) is 4.74 Å². The summed E-state index contributed by atoms with van der Waals surface area (Å²) in [7, 11) is 0. The highest BCUT2D eigenvalue weighted by Gasteiger charge is 2.57. The van der Waals surface area contributed by atoms with Gasteiger partial charge in [-0.25, -0.2) is 0 Å². The van der Waals surface area contributed by atoms with E-state index < -0.39 is 12.5 Å². The first kappa shape index (κ1) is 20.6. The van der Waals surface area contributed by atoms with E-state index >= 15 is 0 Å². The van der Waals surface area contributed by atoms with Crippen LogP contribution < -0.4 is 10.1 Å². The quantitative estimate of drug-likeness (QED) is 0.453. The van der Waals surface area contributed by atoms with Crippen LogP contribution in [0.15, 0.2) is 24.3 Å². The van der Waals surface area contributed by atoms with E-state index in [0.717, 1.165) is 19.3 Å². The second-order valence-corrected chi connectivity index (χ2v) is 10.6. The minimum Gasteiger partial charge on any atom is -0.456 e. The van der Waals surface area contributed by atoms with Gasteiger partial charge in [0.1, 0.15) is 5.75 Å². The zero-order chi connectivity index (χ0) is 20.6. The van der Waals surface area contributed by atoms with E-state index in [9.17, 15) is 18.4 Å². The molecule has 0 radical (unpaired) electrons. The van der Waals surface area contributed by atoms with Crippen molar-refractivity contribution in [3.63, 3.8) is 0 Å². The molecule has 4 saturated carbocycles. The van der Waals surface area contributed by atoms with Gasteiger partial charge < -0.3 is 14.8 Å². The van der Waals surface area contributed by atoms with Gasteiger partial charge in [0.2, 0.25) is 0 Å². The van der Waals surface area contributed by atoms with Gasteiger partial charge in [0.25, 0.3) is 5.91 Å². The second kappa shape index (κ2) is 7.85. The molecule has 5 rings (SSSR count). The van der Waals surface area contributed by atoms with E-state index in [0.29, 0.717) is 23.9 Å². The molecule has 29 heavy (non-hydrogen) atoms. The van der Waals surface area contributed by atoms with Gasteiger partial charge in [-0.3, -0.25) is 9.59 Å². The van der Waals surface area contributed by atoms with Crippen molar-refractivity contribution < 1.29 is 27.8 Å². The Hall–Kier alpha value is -1.70. The van der Waals surface area contributed by atoms with Crippen molar-refractivity contribution in [3.8, 4) is 5.75 Å². The van der Waals surface area contributed by atoms with Crippen LogP contribution in [-0.2, 0) is 14.3 Å². The predicted octanol–water partition coefficient (Wildman–Crippen LogP) is 4.89. The molecular weight excluding hydrogens is 448 g/mol. The third kappa shape index (κ3) is 4.90. The normalized spacial score (nSPS) is 32.3. The van der Waals surface area contributed by atoms with Crippen molar-refractivity contribution in [2.24, 2.45) is 17.3 Å². The molecule has 0 aromatic heterocycles. The summed E-state index contributed by atoms with van der Waals surface area (Å²) in [4.78, 5) is 24.5. The minimum atomic E-state index is -2.90. The molecule has 4 bridgehead atoms. The van der Waals surface area contributed by atoms with Gasteiger partial charge in [-0.1, -0.05) is 15.9 Å². The van der Waals surface area contributed by atoms with Crippen LogP contribution in [0.25, 0.3) is 0 Å². The number of anilines is 1. The summed E-state index contributed by atoms with van der Waals surface area (Å²) in [5, 5.41) is 2.58. The van der Waals surface area contributed by atoms with Crippen LogP contribution in [0, 0.1) is 17.3 Å². The molecule has 158 valence electrons. The number of hydrogen-bond donors (Lipinski definition) is 1. The molecule has 4 aliphatic carbocycles. The molecule has 8 heteroatoms. The Kier molecular flexibility index (Phi) is 5.57. The lowest BCUT2D eigenvalue weighted by molar-refractivity contribution is -0.153. The van der Waals surface area contributed by atoms with E-state index in [1.165, 1.54) is 43.5 Å². The number of hydrogen-bond acceptors (Lipinski definition) is 4. The fourth-order valence-corrected chi connectivity index (χ4v) is 7.47. The fraction of sp³-hybridized carbons (Fsp3) is 0.619. The Morgan fingerprint density at radius 3 is 2.38 bits per heavy atom. The first-order chi connectivity index (χ1) is 13.7. The molecule has 0 saturated heterocycles. The number of amides is 1. The van der Waals surface area contributed by atoms with Crippen LogP contribution in [0.3, 0.4) is 0 Å². The number of ether oxygens (including phenoxy) is 2. The lowest BCUT2D eigenvalue weighted by Crippen LogP contribution is -2.53. The van der Waals surface area contributed by atoms with Gasteiger partial charge in [-0.05, 0) is 80.0 Å². The standard InChI is InChI=1S/C21H24BrF2NO4/c22-21-8-13-5-14(9-21)7-20(6-13,12-21)10-18(27)28-11-17(26)25-15-1-3-16(4-2-15)29-19(23)24/h1-4,13-14,19H,5-12H2,(H,25,26)/t13-,14+,20?,21?. The van der Waals surface area contributed by atoms with E-state index in [1.54, 1.807) is 0 Å². The first-order valence-electron chi connectivity index (χ1n) is 9.92. The van der Waals surface area contributed by atoms with E-state index in [1.807, 2.05) is 0 Å². The number of halogens is 3. The monoisotopic (exact) mass is 471 g/mol. The zero-order valence-corrected chi connectivity index (χ0v) is 17.6. The SMILES string of the molecule is O=C(COC(=O)CC12C[C@@H]3C[C@@H](CC(Br)(C3)C1)C2)Nc1ccc(OC(F)F)cc1. The molecule has 4 aliphatic rings. The summed E-state index contributed by atoms with van der Waals surface area (Å²) in [5.74, 6) is 0.569. The summed E-state index contributed by atoms with van der Waals surface area (Å²) in [5.41, 5.74) is 0.414. The first-order valence-corrected chi connectivity index (χ1v) is 10.7. The molecule has 0 heterocycles. The van der Waals surface area contributed by atoms with Crippen LogP contribution in [0.4, 0.5) is 14.5 Å².